The number of carbonyl (C=O) groups excluding carboxylic acids is 1. The molecule has 1 amide bonds. The van der Waals surface area contributed by atoms with Gasteiger partial charge < -0.3 is 9.88 Å². The Kier molecular flexibility index (Phi) is 3.65. The van der Waals surface area contributed by atoms with Crippen LogP contribution in [0.1, 0.15) is 35.8 Å². The molecular formula is C18H19N5O. The van der Waals surface area contributed by atoms with Crippen molar-refractivity contribution in [3.8, 4) is 11.3 Å². The van der Waals surface area contributed by atoms with Crippen LogP contribution in [-0.4, -0.2) is 25.2 Å². The van der Waals surface area contributed by atoms with Crippen molar-refractivity contribution in [2.24, 2.45) is 7.05 Å². The highest BCUT2D eigenvalue weighted by molar-refractivity contribution is 6.04. The number of aromatic nitrogens is 4. The minimum Gasteiger partial charge on any atom is -0.320 e. The first kappa shape index (κ1) is 14.7. The van der Waals surface area contributed by atoms with E-state index in [0.29, 0.717) is 17.6 Å². The maximum Gasteiger partial charge on any atom is 0.275 e. The Morgan fingerprint density at radius 3 is 2.71 bits per heavy atom. The van der Waals surface area contributed by atoms with Gasteiger partial charge in [0.2, 0.25) is 0 Å². The maximum absolute atomic E-state index is 12.8. The molecule has 0 saturated heterocycles. The van der Waals surface area contributed by atoms with Gasteiger partial charge in [-0.2, -0.15) is 5.10 Å². The Balaban J connectivity index is 1.63. The second kappa shape index (κ2) is 5.96. The molecule has 0 unspecified atom stereocenters. The Labute approximate surface area is 140 Å². The monoisotopic (exact) mass is 321 g/mol. The second-order valence-electron chi connectivity index (χ2n) is 6.12. The summed E-state index contributed by atoms with van der Waals surface area (Å²) >= 11 is 0. The van der Waals surface area contributed by atoms with Crippen molar-refractivity contribution in [3.63, 3.8) is 0 Å². The normalized spacial score (nSPS) is 14.4. The molecule has 1 saturated carbocycles. The van der Waals surface area contributed by atoms with Crippen molar-refractivity contribution in [1.29, 1.82) is 0 Å². The molecule has 0 atom stereocenters. The Hall–Kier alpha value is -2.89. The predicted molar refractivity (Wildman–Crippen MR) is 91.7 cm³/mol. The predicted octanol–water partition coefficient (Wildman–Crippen LogP) is 3.26. The van der Waals surface area contributed by atoms with Gasteiger partial charge in [-0.1, -0.05) is 30.3 Å². The van der Waals surface area contributed by atoms with Crippen LogP contribution in [0.3, 0.4) is 0 Å². The van der Waals surface area contributed by atoms with E-state index in [1.165, 1.54) is 6.42 Å². The molecule has 2 heterocycles. The fourth-order valence-electron chi connectivity index (χ4n) is 2.97. The van der Waals surface area contributed by atoms with Crippen LogP contribution in [-0.2, 0) is 7.05 Å². The number of amides is 1. The molecule has 1 aromatic carbocycles. The summed E-state index contributed by atoms with van der Waals surface area (Å²) in [6.45, 7) is 0. The zero-order valence-corrected chi connectivity index (χ0v) is 13.5. The zero-order chi connectivity index (χ0) is 16.5. The highest BCUT2D eigenvalue weighted by Gasteiger charge is 2.25. The summed E-state index contributed by atoms with van der Waals surface area (Å²) in [5, 5.41) is 7.33. The van der Waals surface area contributed by atoms with Crippen molar-refractivity contribution in [3.05, 3.63) is 54.6 Å². The number of anilines is 1. The van der Waals surface area contributed by atoms with E-state index in [1.54, 1.807) is 18.6 Å². The van der Waals surface area contributed by atoms with E-state index in [-0.39, 0.29) is 5.91 Å². The van der Waals surface area contributed by atoms with Crippen molar-refractivity contribution < 1.29 is 4.79 Å². The molecule has 4 rings (SSSR count). The third kappa shape index (κ3) is 2.50. The van der Waals surface area contributed by atoms with Gasteiger partial charge in [0.1, 0.15) is 17.2 Å². The summed E-state index contributed by atoms with van der Waals surface area (Å²) in [5.41, 5.74) is 2.34. The van der Waals surface area contributed by atoms with Gasteiger partial charge in [0, 0.05) is 18.8 Å². The number of hydrogen-bond donors (Lipinski definition) is 1. The molecule has 0 spiro atoms. The first-order valence-electron chi connectivity index (χ1n) is 8.15. The van der Waals surface area contributed by atoms with E-state index >= 15 is 0 Å². The summed E-state index contributed by atoms with van der Waals surface area (Å²) in [6, 6.07) is 12.0. The average molecular weight is 321 g/mol. The minimum absolute atomic E-state index is 0.153. The van der Waals surface area contributed by atoms with Crippen LogP contribution in [0, 0.1) is 0 Å². The number of carbonyl (C=O) groups is 1. The third-order valence-corrected chi connectivity index (χ3v) is 4.54. The summed E-state index contributed by atoms with van der Waals surface area (Å²) in [5.74, 6) is 0.535. The Morgan fingerprint density at radius 2 is 2.00 bits per heavy atom. The number of benzene rings is 1. The van der Waals surface area contributed by atoms with Gasteiger partial charge >= 0.3 is 0 Å². The van der Waals surface area contributed by atoms with Crippen LogP contribution >= 0.6 is 0 Å². The van der Waals surface area contributed by atoms with Gasteiger partial charge in [0.05, 0.1) is 12.4 Å². The van der Waals surface area contributed by atoms with Gasteiger partial charge in [-0.15, -0.1) is 0 Å². The SMILES string of the molecule is Cn1cnc(-c2ccccc2)c1NC(=O)c1ccnn1C1CCC1. The van der Waals surface area contributed by atoms with Crippen LogP contribution in [0.15, 0.2) is 48.9 Å². The molecule has 1 aliphatic rings. The molecule has 0 radical (unpaired) electrons. The lowest BCUT2D eigenvalue weighted by atomic mass is 9.93. The van der Waals surface area contributed by atoms with Crippen LogP contribution in [0.5, 0.6) is 0 Å². The number of rotatable bonds is 4. The van der Waals surface area contributed by atoms with E-state index in [0.717, 1.165) is 24.1 Å². The van der Waals surface area contributed by atoms with E-state index in [1.807, 2.05) is 46.6 Å². The lowest BCUT2D eigenvalue weighted by Gasteiger charge is -2.27. The smallest absolute Gasteiger partial charge is 0.275 e. The van der Waals surface area contributed by atoms with Gasteiger partial charge in [-0.25, -0.2) is 4.98 Å². The molecule has 122 valence electrons. The highest BCUT2D eigenvalue weighted by atomic mass is 16.2. The summed E-state index contributed by atoms with van der Waals surface area (Å²) in [7, 11) is 1.87. The quantitative estimate of drug-likeness (QED) is 0.802. The molecule has 0 bridgehead atoms. The van der Waals surface area contributed by atoms with Crippen molar-refractivity contribution >= 4 is 11.7 Å². The molecule has 24 heavy (non-hydrogen) atoms. The summed E-state index contributed by atoms with van der Waals surface area (Å²) in [6.07, 6.45) is 6.77. The Bertz CT molecular complexity index is 861. The van der Waals surface area contributed by atoms with Crippen molar-refractivity contribution in [1.82, 2.24) is 19.3 Å². The maximum atomic E-state index is 12.8. The molecule has 3 aromatic rings. The molecular weight excluding hydrogens is 302 g/mol. The Morgan fingerprint density at radius 1 is 1.21 bits per heavy atom. The second-order valence-corrected chi connectivity index (χ2v) is 6.12. The number of hydrogen-bond acceptors (Lipinski definition) is 3. The van der Waals surface area contributed by atoms with Crippen LogP contribution in [0.2, 0.25) is 0 Å². The molecule has 6 heteroatoms. The van der Waals surface area contributed by atoms with Crippen LogP contribution < -0.4 is 5.32 Å². The molecule has 0 aliphatic heterocycles. The molecule has 1 fully saturated rings. The summed E-state index contributed by atoms with van der Waals surface area (Å²) < 4.78 is 3.67. The number of nitrogens with zero attached hydrogens (tertiary/aromatic N) is 4. The van der Waals surface area contributed by atoms with Gasteiger partial charge in [-0.3, -0.25) is 9.48 Å². The van der Waals surface area contributed by atoms with Gasteiger partial charge in [0.15, 0.2) is 0 Å². The molecule has 1 aliphatic carbocycles. The average Bonchev–Trinajstić information content (AvgIpc) is 3.15. The first-order valence-corrected chi connectivity index (χ1v) is 8.15. The van der Waals surface area contributed by atoms with E-state index in [4.69, 9.17) is 0 Å². The topological polar surface area (TPSA) is 64.7 Å². The molecule has 6 nitrogen and oxygen atoms in total. The van der Waals surface area contributed by atoms with Crippen LogP contribution in [0.25, 0.3) is 11.3 Å². The largest absolute Gasteiger partial charge is 0.320 e. The summed E-state index contributed by atoms with van der Waals surface area (Å²) in [4.78, 5) is 17.2. The van der Waals surface area contributed by atoms with Crippen LogP contribution in [0.4, 0.5) is 5.82 Å². The number of nitrogens with one attached hydrogen (secondary N) is 1. The minimum atomic E-state index is -0.153. The first-order chi connectivity index (χ1) is 11.7. The van der Waals surface area contributed by atoms with Crippen molar-refractivity contribution in [2.75, 3.05) is 5.32 Å². The number of imidazole rings is 1. The fraction of sp³-hybridized carbons (Fsp3) is 0.278. The number of aryl methyl sites for hydroxylation is 1. The van der Waals surface area contributed by atoms with Crippen molar-refractivity contribution in [2.45, 2.75) is 25.3 Å². The van der Waals surface area contributed by atoms with Gasteiger partial charge in [0.25, 0.3) is 5.91 Å². The molecule has 1 N–H and O–H groups in total. The molecule has 2 aromatic heterocycles. The van der Waals surface area contributed by atoms with E-state index < -0.39 is 0 Å². The van der Waals surface area contributed by atoms with Gasteiger partial charge in [-0.05, 0) is 25.3 Å². The lowest BCUT2D eigenvalue weighted by molar-refractivity contribution is 0.100. The highest BCUT2D eigenvalue weighted by Crippen LogP contribution is 2.32. The van der Waals surface area contributed by atoms with E-state index in [2.05, 4.69) is 15.4 Å². The third-order valence-electron chi connectivity index (χ3n) is 4.54. The fourth-order valence-corrected chi connectivity index (χ4v) is 2.97. The van der Waals surface area contributed by atoms with E-state index in [9.17, 15) is 4.79 Å². The zero-order valence-electron chi connectivity index (χ0n) is 13.5. The lowest BCUT2D eigenvalue weighted by Crippen LogP contribution is -2.25. The standard InChI is InChI=1S/C18H19N5O/c1-22-12-19-16(13-6-3-2-4-7-13)17(22)21-18(24)15-10-11-20-23(15)14-8-5-9-14/h2-4,6-7,10-12,14H,5,8-9H2,1H3,(H,21,24).